The van der Waals surface area contributed by atoms with E-state index in [0.29, 0.717) is 12.0 Å². The summed E-state index contributed by atoms with van der Waals surface area (Å²) in [6.07, 6.45) is 0.600. The van der Waals surface area contributed by atoms with Crippen molar-refractivity contribution in [2.24, 2.45) is 5.73 Å². The third-order valence-electron chi connectivity index (χ3n) is 2.83. The molecule has 0 spiro atoms. The van der Waals surface area contributed by atoms with Crippen LogP contribution in [0, 0.1) is 5.82 Å². The lowest BCUT2D eigenvalue weighted by Gasteiger charge is -2.22. The largest absolute Gasteiger partial charge is 0.326 e. The fourth-order valence-corrected chi connectivity index (χ4v) is 1.82. The molecular weight excluding hydrogens is 203 g/mol. The van der Waals surface area contributed by atoms with Crippen molar-refractivity contribution in [3.05, 3.63) is 35.6 Å². The average molecular weight is 224 g/mol. The number of halogens is 1. The quantitative estimate of drug-likeness (QED) is 0.801. The van der Waals surface area contributed by atoms with Gasteiger partial charge in [-0.15, -0.1) is 0 Å². The highest BCUT2D eigenvalue weighted by molar-refractivity contribution is 5.18. The second kappa shape index (κ2) is 6.61. The minimum absolute atomic E-state index is 0.00296. The monoisotopic (exact) mass is 224 g/mol. The van der Waals surface area contributed by atoms with Crippen LogP contribution in [-0.4, -0.2) is 30.6 Å². The fraction of sp³-hybridized carbons (Fsp3) is 0.538. The Morgan fingerprint density at radius 3 is 2.44 bits per heavy atom. The van der Waals surface area contributed by atoms with Gasteiger partial charge in [-0.05, 0) is 31.1 Å². The third-order valence-corrected chi connectivity index (χ3v) is 2.83. The Hall–Kier alpha value is -0.930. The Bertz CT molecular complexity index is 311. The molecule has 0 fully saturated rings. The van der Waals surface area contributed by atoms with Crippen LogP contribution in [0.15, 0.2) is 24.3 Å². The molecule has 2 nitrogen and oxygen atoms in total. The van der Waals surface area contributed by atoms with Crippen LogP contribution >= 0.6 is 0 Å². The first-order valence-corrected chi connectivity index (χ1v) is 5.88. The zero-order valence-electron chi connectivity index (χ0n) is 10.1. The van der Waals surface area contributed by atoms with Gasteiger partial charge in [0.2, 0.25) is 0 Å². The molecule has 0 aliphatic carbocycles. The van der Waals surface area contributed by atoms with Crippen LogP contribution < -0.4 is 5.73 Å². The average Bonchev–Trinajstić information content (AvgIpc) is 2.29. The van der Waals surface area contributed by atoms with Crippen molar-refractivity contribution in [2.45, 2.75) is 26.3 Å². The zero-order chi connectivity index (χ0) is 12.0. The first-order chi connectivity index (χ1) is 7.67. The molecule has 0 aliphatic heterocycles. The van der Waals surface area contributed by atoms with E-state index in [1.54, 1.807) is 12.1 Å². The molecule has 1 aromatic carbocycles. The summed E-state index contributed by atoms with van der Waals surface area (Å²) in [6, 6.07) is 6.84. The fourth-order valence-electron chi connectivity index (χ4n) is 1.82. The predicted octanol–water partition coefficient (Wildman–Crippen LogP) is 2.04. The Morgan fingerprint density at radius 1 is 1.25 bits per heavy atom. The molecule has 0 saturated carbocycles. The van der Waals surface area contributed by atoms with E-state index >= 15 is 0 Å². The van der Waals surface area contributed by atoms with Crippen LogP contribution in [0.3, 0.4) is 0 Å². The van der Waals surface area contributed by atoms with Crippen molar-refractivity contribution in [2.75, 3.05) is 19.6 Å². The van der Waals surface area contributed by atoms with E-state index in [2.05, 4.69) is 18.7 Å². The summed E-state index contributed by atoms with van der Waals surface area (Å²) in [6.45, 7) is 7.02. The highest BCUT2D eigenvalue weighted by atomic mass is 19.1. The maximum Gasteiger partial charge on any atom is 0.126 e. The number of nitrogens with zero attached hydrogens (tertiary/aromatic N) is 1. The van der Waals surface area contributed by atoms with Crippen molar-refractivity contribution >= 4 is 0 Å². The standard InChI is InChI=1S/C13H21FN2/c1-3-16(4-2)10-12(15)9-11-7-5-6-8-13(11)14/h5-8,12H,3-4,9-10,15H2,1-2H3. The lowest BCUT2D eigenvalue weighted by Crippen LogP contribution is -2.38. The smallest absolute Gasteiger partial charge is 0.126 e. The minimum atomic E-state index is -0.155. The Morgan fingerprint density at radius 2 is 1.88 bits per heavy atom. The molecule has 0 heterocycles. The number of benzene rings is 1. The first kappa shape index (κ1) is 13.1. The molecule has 1 aromatic rings. The van der Waals surface area contributed by atoms with E-state index in [0.717, 1.165) is 19.6 Å². The van der Waals surface area contributed by atoms with Gasteiger partial charge >= 0.3 is 0 Å². The van der Waals surface area contributed by atoms with Gasteiger partial charge in [-0.1, -0.05) is 32.0 Å². The Balaban J connectivity index is 2.51. The molecule has 0 amide bonds. The van der Waals surface area contributed by atoms with E-state index in [4.69, 9.17) is 5.73 Å². The summed E-state index contributed by atoms with van der Waals surface area (Å²) in [4.78, 5) is 2.26. The molecule has 0 aromatic heterocycles. The van der Waals surface area contributed by atoms with Gasteiger partial charge in [0.05, 0.1) is 0 Å². The van der Waals surface area contributed by atoms with E-state index in [9.17, 15) is 4.39 Å². The number of rotatable bonds is 6. The van der Waals surface area contributed by atoms with Crippen molar-refractivity contribution < 1.29 is 4.39 Å². The lowest BCUT2D eigenvalue weighted by atomic mass is 10.1. The zero-order valence-corrected chi connectivity index (χ0v) is 10.1. The molecule has 3 heteroatoms. The predicted molar refractivity (Wildman–Crippen MR) is 65.9 cm³/mol. The molecule has 1 unspecified atom stereocenters. The summed E-state index contributed by atoms with van der Waals surface area (Å²) in [5.74, 6) is -0.155. The second-order valence-electron chi connectivity index (χ2n) is 4.04. The van der Waals surface area contributed by atoms with Crippen LogP contribution in [0.5, 0.6) is 0 Å². The molecule has 0 saturated heterocycles. The van der Waals surface area contributed by atoms with Gasteiger partial charge in [-0.3, -0.25) is 0 Å². The van der Waals surface area contributed by atoms with Gasteiger partial charge in [0, 0.05) is 12.6 Å². The Kier molecular flexibility index (Phi) is 5.43. The topological polar surface area (TPSA) is 29.3 Å². The van der Waals surface area contributed by atoms with Crippen molar-refractivity contribution in [3.63, 3.8) is 0 Å². The van der Waals surface area contributed by atoms with E-state index in [-0.39, 0.29) is 11.9 Å². The van der Waals surface area contributed by atoms with Gasteiger partial charge in [-0.2, -0.15) is 0 Å². The van der Waals surface area contributed by atoms with Crippen molar-refractivity contribution in [3.8, 4) is 0 Å². The van der Waals surface area contributed by atoms with E-state index in [1.807, 2.05) is 6.07 Å². The molecule has 0 radical (unpaired) electrons. The van der Waals surface area contributed by atoms with Crippen LogP contribution in [0.4, 0.5) is 4.39 Å². The number of nitrogens with two attached hydrogens (primary N) is 1. The molecular formula is C13H21FN2. The molecule has 0 aliphatic rings. The molecule has 2 N–H and O–H groups in total. The second-order valence-corrected chi connectivity index (χ2v) is 4.04. The molecule has 0 bridgehead atoms. The van der Waals surface area contributed by atoms with Gasteiger partial charge < -0.3 is 10.6 Å². The van der Waals surface area contributed by atoms with Crippen LogP contribution in [0.25, 0.3) is 0 Å². The van der Waals surface area contributed by atoms with Crippen molar-refractivity contribution in [1.29, 1.82) is 0 Å². The highest BCUT2D eigenvalue weighted by Gasteiger charge is 2.10. The van der Waals surface area contributed by atoms with E-state index < -0.39 is 0 Å². The van der Waals surface area contributed by atoms with Gasteiger partial charge in [-0.25, -0.2) is 4.39 Å². The van der Waals surface area contributed by atoms with Crippen molar-refractivity contribution in [1.82, 2.24) is 4.90 Å². The SMILES string of the molecule is CCN(CC)CC(N)Cc1ccccc1F. The number of hydrogen-bond acceptors (Lipinski definition) is 2. The first-order valence-electron chi connectivity index (χ1n) is 5.88. The maximum absolute atomic E-state index is 13.4. The summed E-state index contributed by atoms with van der Waals surface area (Å²) < 4.78 is 13.4. The lowest BCUT2D eigenvalue weighted by molar-refractivity contribution is 0.282. The minimum Gasteiger partial charge on any atom is -0.326 e. The van der Waals surface area contributed by atoms with Crippen LogP contribution in [0.2, 0.25) is 0 Å². The number of likely N-dealkylation sites (N-methyl/N-ethyl adjacent to an activating group) is 1. The van der Waals surface area contributed by atoms with Gasteiger partial charge in [0.15, 0.2) is 0 Å². The number of hydrogen-bond donors (Lipinski definition) is 1. The summed E-state index contributed by atoms with van der Waals surface area (Å²) >= 11 is 0. The Labute approximate surface area is 97.3 Å². The summed E-state index contributed by atoms with van der Waals surface area (Å²) in [5, 5.41) is 0. The molecule has 1 rings (SSSR count). The molecule has 90 valence electrons. The summed E-state index contributed by atoms with van der Waals surface area (Å²) in [7, 11) is 0. The molecule has 1 atom stereocenters. The van der Waals surface area contributed by atoms with E-state index in [1.165, 1.54) is 6.07 Å². The normalized spacial score (nSPS) is 13.1. The van der Waals surface area contributed by atoms with Gasteiger partial charge in [0.25, 0.3) is 0 Å². The third kappa shape index (κ3) is 3.91. The summed E-state index contributed by atoms with van der Waals surface area (Å²) in [5.41, 5.74) is 6.73. The van der Waals surface area contributed by atoms with Crippen LogP contribution in [-0.2, 0) is 6.42 Å². The van der Waals surface area contributed by atoms with Gasteiger partial charge in [0.1, 0.15) is 5.82 Å². The maximum atomic E-state index is 13.4. The highest BCUT2D eigenvalue weighted by Crippen LogP contribution is 2.08. The van der Waals surface area contributed by atoms with Crippen LogP contribution in [0.1, 0.15) is 19.4 Å². The molecule has 16 heavy (non-hydrogen) atoms.